The first-order valence-electron chi connectivity index (χ1n) is 18.2. The number of para-hydroxylation sites is 1. The molecule has 53 heavy (non-hydrogen) atoms. The Balaban J connectivity index is 1.07. The van der Waals surface area contributed by atoms with Crippen molar-refractivity contribution in [2.75, 3.05) is 13.7 Å². The molecule has 2 aromatic heterocycles. The Kier molecular flexibility index (Phi) is 12.6. The van der Waals surface area contributed by atoms with Gasteiger partial charge in [0.2, 0.25) is 17.7 Å². The Bertz CT molecular complexity index is 2140. The molecule has 0 aliphatic rings. The van der Waals surface area contributed by atoms with E-state index >= 15 is 0 Å². The maximum atomic E-state index is 13.8. The number of aromatic amines is 2. The third-order valence-corrected chi connectivity index (χ3v) is 9.53. The maximum absolute atomic E-state index is 13.8. The molecular weight excluding hydrogens is 667 g/mol. The number of H-pyrrole nitrogens is 2. The number of carbonyl (C=O) groups is 3. The van der Waals surface area contributed by atoms with Gasteiger partial charge in [-0.15, -0.1) is 0 Å². The second kappa shape index (κ2) is 18.1. The van der Waals surface area contributed by atoms with E-state index in [0.29, 0.717) is 57.4 Å². The zero-order valence-corrected chi connectivity index (χ0v) is 30.3. The monoisotopic (exact) mass is 713 g/mol. The molecule has 0 aliphatic carbocycles. The number of ether oxygens (including phenoxy) is 1. The van der Waals surface area contributed by atoms with Crippen molar-refractivity contribution < 1.29 is 24.0 Å². The number of fused-ring (bicyclic) bond motifs is 2. The van der Waals surface area contributed by atoms with Crippen LogP contribution in [-0.2, 0) is 38.7 Å². The van der Waals surface area contributed by atoms with E-state index < -0.39 is 6.04 Å². The van der Waals surface area contributed by atoms with Crippen LogP contribution in [0.2, 0.25) is 0 Å². The van der Waals surface area contributed by atoms with Gasteiger partial charge in [0.15, 0.2) is 0 Å². The Morgan fingerprint density at radius 2 is 1.49 bits per heavy atom. The van der Waals surface area contributed by atoms with Crippen LogP contribution in [0, 0.1) is 6.92 Å². The molecule has 0 saturated heterocycles. The fourth-order valence-corrected chi connectivity index (χ4v) is 6.77. The van der Waals surface area contributed by atoms with Crippen molar-refractivity contribution in [3.8, 4) is 17.0 Å². The first kappa shape index (κ1) is 36.9. The van der Waals surface area contributed by atoms with Gasteiger partial charge in [-0.2, -0.15) is 0 Å². The van der Waals surface area contributed by atoms with Crippen LogP contribution < -0.4 is 20.9 Å². The summed E-state index contributed by atoms with van der Waals surface area (Å²) in [5, 5.41) is 8.17. The van der Waals surface area contributed by atoms with Crippen molar-refractivity contribution in [3.05, 3.63) is 126 Å². The lowest BCUT2D eigenvalue weighted by atomic mass is 10.0. The summed E-state index contributed by atoms with van der Waals surface area (Å²) in [6.45, 7) is 2.64. The van der Waals surface area contributed by atoms with Crippen LogP contribution in [-0.4, -0.2) is 47.4 Å². The Labute approximate surface area is 309 Å². The quantitative estimate of drug-likeness (QED) is 0.0474. The maximum Gasteiger partial charge on any atom is 0.243 e. The molecule has 0 unspecified atom stereocenters. The van der Waals surface area contributed by atoms with E-state index in [2.05, 4.69) is 50.3 Å². The van der Waals surface area contributed by atoms with Gasteiger partial charge >= 0.3 is 0 Å². The van der Waals surface area contributed by atoms with Crippen LogP contribution in [0.25, 0.3) is 33.1 Å². The third kappa shape index (κ3) is 9.72. The molecule has 0 radical (unpaired) electrons. The smallest absolute Gasteiger partial charge is 0.243 e. The van der Waals surface area contributed by atoms with Crippen molar-refractivity contribution in [3.63, 3.8) is 0 Å². The number of hydroxylamine groups is 1. The van der Waals surface area contributed by atoms with Gasteiger partial charge in [0.25, 0.3) is 0 Å². The van der Waals surface area contributed by atoms with Crippen molar-refractivity contribution >= 4 is 39.5 Å². The molecule has 0 bridgehead atoms. The molecule has 274 valence electrons. The van der Waals surface area contributed by atoms with E-state index in [4.69, 9.17) is 9.57 Å². The summed E-state index contributed by atoms with van der Waals surface area (Å²) in [4.78, 5) is 51.9. The normalized spacial score (nSPS) is 11.7. The van der Waals surface area contributed by atoms with Gasteiger partial charge in [-0.25, -0.2) is 5.48 Å². The predicted octanol–water partition coefficient (Wildman–Crippen LogP) is 7.22. The topological polar surface area (TPSA) is 137 Å². The van der Waals surface area contributed by atoms with Gasteiger partial charge in [-0.3, -0.25) is 19.2 Å². The van der Waals surface area contributed by atoms with E-state index in [1.165, 1.54) is 0 Å². The van der Waals surface area contributed by atoms with E-state index in [9.17, 15) is 14.4 Å². The molecular formula is C43H47N5O5. The summed E-state index contributed by atoms with van der Waals surface area (Å²) >= 11 is 0. The van der Waals surface area contributed by atoms with Gasteiger partial charge in [0.05, 0.1) is 20.1 Å². The van der Waals surface area contributed by atoms with E-state index in [-0.39, 0.29) is 24.1 Å². The van der Waals surface area contributed by atoms with Crippen molar-refractivity contribution in [2.24, 2.45) is 0 Å². The van der Waals surface area contributed by atoms with Crippen molar-refractivity contribution in [1.82, 2.24) is 26.1 Å². The van der Waals surface area contributed by atoms with Crippen molar-refractivity contribution in [2.45, 2.75) is 64.5 Å². The number of methoxy groups -OCH3 is 1. The number of rotatable bonds is 18. The lowest BCUT2D eigenvalue weighted by Gasteiger charge is -2.19. The minimum atomic E-state index is -0.734. The standard InChI is InChI=1S/C43H47N5O5/c1-29-35(36-26-32(52-2)22-23-38(36)45-29)27-41(50)46-39(20-10-5-11-21-40(49)48-53-28-30-14-6-3-7-15-30)43(51)44-25-24-34-33-18-12-13-19-37(33)47-42(34)31-16-8-4-9-17-31/h3-4,6-9,12-19,22-23,26,39,45,47H,5,10-11,20-21,24-25,27-28H2,1-2H3,(H,44,51)(H,46,50)(H,48,49)/t39-/m0/s1. The van der Waals surface area contributed by atoms with Gasteiger partial charge in [0, 0.05) is 46.2 Å². The van der Waals surface area contributed by atoms with Crippen LogP contribution in [0.5, 0.6) is 5.75 Å². The van der Waals surface area contributed by atoms with Crippen LogP contribution in [0.1, 0.15) is 54.5 Å². The summed E-state index contributed by atoms with van der Waals surface area (Å²) in [5.41, 5.74) is 10.4. The summed E-state index contributed by atoms with van der Waals surface area (Å²) in [6.07, 6.45) is 3.45. The molecule has 0 saturated carbocycles. The minimum Gasteiger partial charge on any atom is -0.497 e. The first-order valence-corrected chi connectivity index (χ1v) is 18.2. The number of hydrogen-bond acceptors (Lipinski definition) is 5. The summed E-state index contributed by atoms with van der Waals surface area (Å²) in [5.74, 6) is 0.0395. The molecule has 10 nitrogen and oxygen atoms in total. The Morgan fingerprint density at radius 1 is 0.755 bits per heavy atom. The van der Waals surface area contributed by atoms with E-state index in [0.717, 1.165) is 55.4 Å². The number of unbranched alkanes of at least 4 members (excludes halogenated alkanes) is 2. The second-order valence-corrected chi connectivity index (χ2v) is 13.3. The molecule has 0 fully saturated rings. The first-order chi connectivity index (χ1) is 25.9. The highest BCUT2D eigenvalue weighted by atomic mass is 16.6. The number of nitrogens with one attached hydrogen (secondary N) is 5. The molecule has 0 aliphatic heterocycles. The van der Waals surface area contributed by atoms with E-state index in [1.807, 2.05) is 85.8 Å². The number of carbonyl (C=O) groups excluding carboxylic acids is 3. The average molecular weight is 714 g/mol. The highest BCUT2D eigenvalue weighted by Crippen LogP contribution is 2.31. The predicted molar refractivity (Wildman–Crippen MR) is 208 cm³/mol. The lowest BCUT2D eigenvalue weighted by molar-refractivity contribution is -0.134. The lowest BCUT2D eigenvalue weighted by Crippen LogP contribution is -2.47. The molecule has 4 aromatic carbocycles. The molecule has 1 atom stereocenters. The zero-order chi connectivity index (χ0) is 37.0. The molecule has 6 aromatic rings. The minimum absolute atomic E-state index is 0.113. The van der Waals surface area contributed by atoms with Crippen LogP contribution in [0.3, 0.4) is 0 Å². The fourth-order valence-electron chi connectivity index (χ4n) is 6.77. The van der Waals surface area contributed by atoms with Gasteiger partial charge < -0.3 is 25.3 Å². The number of aryl methyl sites for hydroxylation is 1. The van der Waals surface area contributed by atoms with Crippen LogP contribution >= 0.6 is 0 Å². The molecule has 0 spiro atoms. The molecule has 3 amide bonds. The van der Waals surface area contributed by atoms with Crippen LogP contribution in [0.4, 0.5) is 0 Å². The summed E-state index contributed by atoms with van der Waals surface area (Å²) < 4.78 is 5.42. The number of hydrogen-bond donors (Lipinski definition) is 5. The van der Waals surface area contributed by atoms with Gasteiger partial charge in [-0.05, 0) is 72.7 Å². The van der Waals surface area contributed by atoms with E-state index in [1.54, 1.807) is 7.11 Å². The average Bonchev–Trinajstić information content (AvgIpc) is 3.70. The Morgan fingerprint density at radius 3 is 2.28 bits per heavy atom. The largest absolute Gasteiger partial charge is 0.497 e. The van der Waals surface area contributed by atoms with Gasteiger partial charge in [-0.1, -0.05) is 91.7 Å². The third-order valence-electron chi connectivity index (χ3n) is 9.53. The molecule has 6 rings (SSSR count). The number of benzene rings is 4. The summed E-state index contributed by atoms with van der Waals surface area (Å²) in [6, 6.07) is 33.0. The van der Waals surface area contributed by atoms with Crippen LogP contribution in [0.15, 0.2) is 103 Å². The highest BCUT2D eigenvalue weighted by molar-refractivity contribution is 5.94. The molecule has 2 heterocycles. The number of amides is 3. The number of aromatic nitrogens is 2. The fraction of sp³-hybridized carbons (Fsp3) is 0.279. The molecule has 10 heteroatoms. The van der Waals surface area contributed by atoms with Gasteiger partial charge in [0.1, 0.15) is 11.8 Å². The molecule has 5 N–H and O–H groups in total. The zero-order valence-electron chi connectivity index (χ0n) is 30.3. The highest BCUT2D eigenvalue weighted by Gasteiger charge is 2.23. The summed E-state index contributed by atoms with van der Waals surface area (Å²) in [7, 11) is 1.61. The Hall–Kier alpha value is -5.87. The second-order valence-electron chi connectivity index (χ2n) is 13.3. The van der Waals surface area contributed by atoms with Crippen molar-refractivity contribution in [1.29, 1.82) is 0 Å². The SMILES string of the molecule is COc1ccc2[nH]c(C)c(CC(=O)N[C@@H](CCCCCC(=O)NOCc3ccccc3)C(=O)NCCc3c(-c4ccccc4)[nH]c4ccccc34)c2c1.